The van der Waals surface area contributed by atoms with Gasteiger partial charge in [-0.05, 0) is 18.2 Å². The molecule has 0 amide bonds. The van der Waals surface area contributed by atoms with Gasteiger partial charge in [-0.15, -0.1) is 0 Å². The maximum Gasteiger partial charge on any atom is 0.180 e. The number of piperazine rings is 1. The number of hydrogen-bond donors (Lipinski definition) is 0. The van der Waals surface area contributed by atoms with Crippen molar-refractivity contribution in [2.45, 2.75) is 6.54 Å². The second kappa shape index (κ2) is 6.68. The highest BCUT2D eigenvalue weighted by molar-refractivity contribution is 5.91. The first-order valence-electron chi connectivity index (χ1n) is 8.47. The van der Waals surface area contributed by atoms with Gasteiger partial charge < -0.3 is 14.2 Å². The Hall–Kier alpha value is -2.67. The summed E-state index contributed by atoms with van der Waals surface area (Å²) in [4.78, 5) is 19.9. The molecule has 1 aliphatic rings. The van der Waals surface area contributed by atoms with Gasteiger partial charge in [-0.25, -0.2) is 15.0 Å². The molecule has 7 heteroatoms. The van der Waals surface area contributed by atoms with Gasteiger partial charge in [-0.1, -0.05) is 0 Å². The van der Waals surface area contributed by atoms with E-state index in [1.54, 1.807) is 12.6 Å². The third-order valence-corrected chi connectivity index (χ3v) is 4.63. The molecule has 1 aliphatic heterocycles. The first-order valence-corrected chi connectivity index (χ1v) is 8.47. The zero-order valence-electron chi connectivity index (χ0n) is 14.6. The number of nitrogens with zero attached hydrogens (tertiary/aromatic N) is 6. The lowest BCUT2D eigenvalue weighted by atomic mass is 10.1. The summed E-state index contributed by atoms with van der Waals surface area (Å²) in [5, 5.41) is 1.09. The Kier molecular flexibility index (Phi) is 4.23. The van der Waals surface area contributed by atoms with E-state index in [2.05, 4.69) is 43.0 Å². The molecule has 0 aliphatic carbocycles. The van der Waals surface area contributed by atoms with Crippen molar-refractivity contribution in [3.8, 4) is 0 Å². The molecule has 1 saturated heterocycles. The average Bonchev–Trinajstić information content (AvgIpc) is 3.14. The van der Waals surface area contributed by atoms with E-state index in [0.717, 1.165) is 55.1 Å². The predicted octanol–water partition coefficient (Wildman–Crippen LogP) is 2.01. The maximum absolute atomic E-state index is 5.05. The van der Waals surface area contributed by atoms with Gasteiger partial charge in [0.25, 0.3) is 0 Å². The van der Waals surface area contributed by atoms with Crippen LogP contribution in [0.2, 0.25) is 0 Å². The lowest BCUT2D eigenvalue weighted by molar-refractivity contribution is 0.247. The molecule has 7 nitrogen and oxygen atoms in total. The number of fused-ring (bicyclic) bond motifs is 1. The Morgan fingerprint density at radius 2 is 1.92 bits per heavy atom. The van der Waals surface area contributed by atoms with E-state index < -0.39 is 0 Å². The van der Waals surface area contributed by atoms with E-state index in [-0.39, 0.29) is 0 Å². The summed E-state index contributed by atoms with van der Waals surface area (Å²) in [6.45, 7) is 4.86. The van der Waals surface area contributed by atoms with E-state index in [4.69, 9.17) is 4.42 Å². The van der Waals surface area contributed by atoms with Gasteiger partial charge >= 0.3 is 0 Å². The van der Waals surface area contributed by atoms with Gasteiger partial charge in [0.15, 0.2) is 6.39 Å². The van der Waals surface area contributed by atoms with Crippen LogP contribution in [0.15, 0.2) is 41.6 Å². The molecule has 3 heterocycles. The van der Waals surface area contributed by atoms with Gasteiger partial charge in [0.05, 0.1) is 11.2 Å². The number of hydrogen-bond acceptors (Lipinski definition) is 7. The minimum Gasteiger partial charge on any atom is -0.451 e. The molecule has 0 radical (unpaired) electrons. The Morgan fingerprint density at radius 1 is 1.08 bits per heavy atom. The third-order valence-electron chi connectivity index (χ3n) is 4.63. The van der Waals surface area contributed by atoms with Crippen molar-refractivity contribution < 1.29 is 4.42 Å². The summed E-state index contributed by atoms with van der Waals surface area (Å²) >= 11 is 0. The molecule has 130 valence electrons. The van der Waals surface area contributed by atoms with Crippen LogP contribution in [-0.4, -0.2) is 60.1 Å². The molecule has 1 fully saturated rings. The Morgan fingerprint density at radius 3 is 2.64 bits per heavy atom. The first kappa shape index (κ1) is 15.8. The highest BCUT2D eigenvalue weighted by Gasteiger charge is 2.19. The summed E-state index contributed by atoms with van der Waals surface area (Å²) < 4.78 is 5.05. The molecule has 0 saturated carbocycles. The molecule has 25 heavy (non-hydrogen) atoms. The third kappa shape index (κ3) is 3.28. The minimum atomic E-state index is 0.848. The highest BCUT2D eigenvalue weighted by atomic mass is 16.3. The van der Waals surface area contributed by atoms with E-state index in [0.29, 0.717) is 0 Å². The number of benzene rings is 1. The average molecular weight is 338 g/mol. The smallest absolute Gasteiger partial charge is 0.180 e. The highest BCUT2D eigenvalue weighted by Crippen LogP contribution is 2.27. The molecule has 0 N–H and O–H groups in total. The fourth-order valence-corrected chi connectivity index (χ4v) is 3.29. The molecule has 0 bridgehead atoms. The van der Waals surface area contributed by atoms with Crippen LogP contribution in [0.4, 0.5) is 11.5 Å². The Balaban J connectivity index is 1.50. The summed E-state index contributed by atoms with van der Waals surface area (Å²) in [5.74, 6) is 0.955. The fraction of sp³-hybridized carbons (Fsp3) is 0.389. The van der Waals surface area contributed by atoms with Crippen molar-refractivity contribution >= 4 is 22.4 Å². The summed E-state index contributed by atoms with van der Waals surface area (Å²) in [7, 11) is 4.02. The van der Waals surface area contributed by atoms with Gasteiger partial charge in [0.2, 0.25) is 0 Å². The van der Waals surface area contributed by atoms with Gasteiger partial charge in [-0.3, -0.25) is 4.90 Å². The summed E-state index contributed by atoms with van der Waals surface area (Å²) in [6.07, 6.45) is 4.84. The Labute approximate surface area is 146 Å². The number of oxazole rings is 1. The van der Waals surface area contributed by atoms with Crippen LogP contribution in [0.5, 0.6) is 0 Å². The van der Waals surface area contributed by atoms with E-state index in [1.807, 2.05) is 19.0 Å². The number of anilines is 2. The second-order valence-corrected chi connectivity index (χ2v) is 6.54. The van der Waals surface area contributed by atoms with Gasteiger partial charge in [0, 0.05) is 57.9 Å². The van der Waals surface area contributed by atoms with E-state index in [1.165, 1.54) is 12.1 Å². The van der Waals surface area contributed by atoms with E-state index >= 15 is 0 Å². The molecular formula is C18H22N6O. The fourth-order valence-electron chi connectivity index (χ4n) is 3.29. The predicted molar refractivity (Wildman–Crippen MR) is 97.9 cm³/mol. The SMILES string of the molecule is CN(C)c1ncnc2ccc(N3CCN(Cc4cocn4)CC3)cc12. The molecule has 3 aromatic rings. The molecule has 0 spiro atoms. The molecule has 0 atom stereocenters. The Bertz CT molecular complexity index is 840. The van der Waals surface area contributed by atoms with Crippen molar-refractivity contribution in [3.63, 3.8) is 0 Å². The van der Waals surface area contributed by atoms with Crippen LogP contribution in [0.1, 0.15) is 5.69 Å². The summed E-state index contributed by atoms with van der Waals surface area (Å²) in [6, 6.07) is 6.45. The van der Waals surface area contributed by atoms with Crippen LogP contribution < -0.4 is 9.80 Å². The second-order valence-electron chi connectivity index (χ2n) is 6.54. The summed E-state index contributed by atoms with van der Waals surface area (Å²) in [5.41, 5.74) is 3.20. The van der Waals surface area contributed by atoms with Crippen LogP contribution in [0, 0.1) is 0 Å². The lowest BCUT2D eigenvalue weighted by Crippen LogP contribution is -2.46. The molecular weight excluding hydrogens is 316 g/mol. The van der Waals surface area contributed by atoms with Crippen LogP contribution >= 0.6 is 0 Å². The quantitative estimate of drug-likeness (QED) is 0.721. The largest absolute Gasteiger partial charge is 0.451 e. The lowest BCUT2D eigenvalue weighted by Gasteiger charge is -2.35. The van der Waals surface area contributed by atoms with Crippen molar-refractivity contribution in [2.24, 2.45) is 0 Å². The normalized spacial score (nSPS) is 15.7. The van der Waals surface area contributed by atoms with Crippen LogP contribution in [0.25, 0.3) is 10.9 Å². The van der Waals surface area contributed by atoms with Gasteiger partial charge in [0.1, 0.15) is 18.4 Å². The van der Waals surface area contributed by atoms with Gasteiger partial charge in [-0.2, -0.15) is 0 Å². The monoisotopic (exact) mass is 338 g/mol. The zero-order valence-corrected chi connectivity index (χ0v) is 14.6. The van der Waals surface area contributed by atoms with Crippen LogP contribution in [-0.2, 0) is 6.54 Å². The topological polar surface area (TPSA) is 61.5 Å². The van der Waals surface area contributed by atoms with E-state index in [9.17, 15) is 0 Å². The van der Waals surface area contributed by atoms with Crippen molar-refractivity contribution in [1.82, 2.24) is 19.9 Å². The van der Waals surface area contributed by atoms with Crippen molar-refractivity contribution in [2.75, 3.05) is 50.1 Å². The zero-order chi connectivity index (χ0) is 17.2. The van der Waals surface area contributed by atoms with Crippen molar-refractivity contribution in [3.05, 3.63) is 42.9 Å². The molecule has 0 unspecified atom stereocenters. The number of rotatable bonds is 4. The van der Waals surface area contributed by atoms with Crippen molar-refractivity contribution in [1.29, 1.82) is 0 Å². The minimum absolute atomic E-state index is 0.848. The first-order chi connectivity index (χ1) is 12.2. The van der Waals surface area contributed by atoms with Crippen LogP contribution in [0.3, 0.4) is 0 Å². The molecule has 4 rings (SSSR count). The molecule has 1 aromatic carbocycles. The maximum atomic E-state index is 5.05. The number of aromatic nitrogens is 3. The molecule has 2 aromatic heterocycles. The standard InChI is InChI=1S/C18H22N6O/c1-22(2)18-16-9-15(3-4-17(16)19-12-20-18)24-7-5-23(6-8-24)10-14-11-25-13-21-14/h3-4,9,11-13H,5-8,10H2,1-2H3.